The largest absolute Gasteiger partial charge is 0.452 e. The van der Waals surface area contributed by atoms with Crippen molar-refractivity contribution >= 4 is 37.5 Å². The van der Waals surface area contributed by atoms with E-state index < -0.39 is 11.6 Å². The third-order valence-corrected chi connectivity index (χ3v) is 3.27. The van der Waals surface area contributed by atoms with Gasteiger partial charge in [0, 0.05) is 16.6 Å². The molecule has 0 amide bonds. The first-order chi connectivity index (χ1) is 8.47. The van der Waals surface area contributed by atoms with Crippen LogP contribution in [0.2, 0.25) is 0 Å². The third kappa shape index (κ3) is 2.81. The second-order valence-corrected chi connectivity index (χ2v) is 5.25. The zero-order valence-electron chi connectivity index (χ0n) is 8.88. The molecule has 2 aromatic rings. The molecule has 0 unspecified atom stereocenters. The summed E-state index contributed by atoms with van der Waals surface area (Å²) in [5.41, 5.74) is 5.70. The SMILES string of the molecule is Nc1cc(F)c(Br)cc1Oc1cc(Br)ccc1F. The topological polar surface area (TPSA) is 35.2 Å². The fourth-order valence-electron chi connectivity index (χ4n) is 1.31. The molecule has 0 heterocycles. The first-order valence-electron chi connectivity index (χ1n) is 4.85. The Hall–Kier alpha value is -1.14. The lowest BCUT2D eigenvalue weighted by Crippen LogP contribution is -1.95. The minimum Gasteiger partial charge on any atom is -0.452 e. The van der Waals surface area contributed by atoms with Crippen LogP contribution >= 0.6 is 31.9 Å². The van der Waals surface area contributed by atoms with Crippen molar-refractivity contribution in [3.05, 3.63) is 50.9 Å². The fourth-order valence-corrected chi connectivity index (χ4v) is 1.97. The molecule has 6 heteroatoms. The van der Waals surface area contributed by atoms with E-state index in [1.54, 1.807) is 6.07 Å². The van der Waals surface area contributed by atoms with Crippen LogP contribution in [0.5, 0.6) is 11.5 Å². The predicted octanol–water partition coefficient (Wildman–Crippen LogP) is 4.86. The maximum Gasteiger partial charge on any atom is 0.165 e. The van der Waals surface area contributed by atoms with Crippen LogP contribution in [-0.4, -0.2) is 0 Å². The van der Waals surface area contributed by atoms with Crippen LogP contribution in [0.1, 0.15) is 0 Å². The number of nitrogens with two attached hydrogens (primary N) is 1. The van der Waals surface area contributed by atoms with Gasteiger partial charge in [-0.1, -0.05) is 15.9 Å². The van der Waals surface area contributed by atoms with Crippen molar-refractivity contribution in [1.82, 2.24) is 0 Å². The zero-order valence-corrected chi connectivity index (χ0v) is 12.1. The Morgan fingerprint density at radius 3 is 2.39 bits per heavy atom. The summed E-state index contributed by atoms with van der Waals surface area (Å²) in [4.78, 5) is 0. The summed E-state index contributed by atoms with van der Waals surface area (Å²) in [6.45, 7) is 0. The number of nitrogen functional groups attached to an aromatic ring is 1. The second-order valence-electron chi connectivity index (χ2n) is 3.48. The van der Waals surface area contributed by atoms with Gasteiger partial charge >= 0.3 is 0 Å². The summed E-state index contributed by atoms with van der Waals surface area (Å²) < 4.78 is 32.9. The molecule has 0 aliphatic rings. The number of hydrogen-bond donors (Lipinski definition) is 1. The normalized spacial score (nSPS) is 10.4. The fraction of sp³-hybridized carbons (Fsp3) is 0. The highest BCUT2D eigenvalue weighted by molar-refractivity contribution is 9.10. The van der Waals surface area contributed by atoms with Gasteiger partial charge in [-0.05, 0) is 34.1 Å². The molecule has 94 valence electrons. The average molecular weight is 379 g/mol. The number of rotatable bonds is 2. The van der Waals surface area contributed by atoms with Crippen molar-refractivity contribution in [2.45, 2.75) is 0 Å². The molecule has 0 fully saturated rings. The minimum absolute atomic E-state index is 0.00887. The van der Waals surface area contributed by atoms with E-state index >= 15 is 0 Å². The van der Waals surface area contributed by atoms with Gasteiger partial charge in [-0.2, -0.15) is 0 Å². The van der Waals surface area contributed by atoms with Crippen molar-refractivity contribution in [2.75, 3.05) is 5.73 Å². The Kier molecular flexibility index (Phi) is 3.87. The Labute approximate surface area is 119 Å². The van der Waals surface area contributed by atoms with Gasteiger partial charge in [0.2, 0.25) is 0 Å². The summed E-state index contributed by atoms with van der Waals surface area (Å²) in [6, 6.07) is 6.73. The molecule has 0 bridgehead atoms. The van der Waals surface area contributed by atoms with Crippen molar-refractivity contribution in [1.29, 1.82) is 0 Å². The number of benzene rings is 2. The van der Waals surface area contributed by atoms with E-state index in [9.17, 15) is 8.78 Å². The van der Waals surface area contributed by atoms with Gasteiger partial charge in [-0.25, -0.2) is 8.78 Å². The number of halogens is 4. The van der Waals surface area contributed by atoms with E-state index in [2.05, 4.69) is 31.9 Å². The first kappa shape index (κ1) is 13.3. The van der Waals surface area contributed by atoms with Gasteiger partial charge in [0.25, 0.3) is 0 Å². The molecular formula is C12H7Br2F2NO. The third-order valence-electron chi connectivity index (χ3n) is 2.17. The Bertz CT molecular complexity index is 605. The van der Waals surface area contributed by atoms with Crippen LogP contribution in [0.15, 0.2) is 39.3 Å². The van der Waals surface area contributed by atoms with Crippen LogP contribution in [-0.2, 0) is 0 Å². The summed E-state index contributed by atoms with van der Waals surface area (Å²) in [7, 11) is 0. The minimum atomic E-state index is -0.530. The second kappa shape index (κ2) is 5.24. The molecule has 0 saturated carbocycles. The highest BCUT2D eigenvalue weighted by atomic mass is 79.9. The molecule has 0 aliphatic carbocycles. The van der Waals surface area contributed by atoms with Crippen molar-refractivity contribution in [3.63, 3.8) is 0 Å². The smallest absolute Gasteiger partial charge is 0.165 e. The Morgan fingerprint density at radius 1 is 0.944 bits per heavy atom. The van der Waals surface area contributed by atoms with Gasteiger partial charge in [-0.3, -0.25) is 0 Å². The molecule has 0 spiro atoms. The maximum absolute atomic E-state index is 13.5. The first-order valence-corrected chi connectivity index (χ1v) is 6.43. The van der Waals surface area contributed by atoms with Gasteiger partial charge in [0.1, 0.15) is 5.82 Å². The number of ether oxygens (including phenoxy) is 1. The van der Waals surface area contributed by atoms with E-state index in [-0.39, 0.29) is 21.7 Å². The van der Waals surface area contributed by atoms with Gasteiger partial charge in [-0.15, -0.1) is 0 Å². The lowest BCUT2D eigenvalue weighted by molar-refractivity contribution is 0.442. The molecule has 18 heavy (non-hydrogen) atoms. The summed E-state index contributed by atoms with van der Waals surface area (Å²) in [5.74, 6) is -0.845. The highest BCUT2D eigenvalue weighted by Crippen LogP contribution is 2.34. The molecule has 0 radical (unpaired) electrons. The molecule has 2 aromatic carbocycles. The summed E-state index contributed by atoms with van der Waals surface area (Å²) in [6.07, 6.45) is 0. The van der Waals surface area contributed by atoms with E-state index in [1.165, 1.54) is 18.2 Å². The Morgan fingerprint density at radius 2 is 1.67 bits per heavy atom. The summed E-state index contributed by atoms with van der Waals surface area (Å²) in [5, 5.41) is 0. The van der Waals surface area contributed by atoms with E-state index in [0.29, 0.717) is 4.47 Å². The molecule has 0 atom stereocenters. The van der Waals surface area contributed by atoms with Crippen LogP contribution < -0.4 is 10.5 Å². The van der Waals surface area contributed by atoms with Crippen molar-refractivity contribution in [3.8, 4) is 11.5 Å². The quantitative estimate of drug-likeness (QED) is 0.757. The van der Waals surface area contributed by atoms with Gasteiger partial charge < -0.3 is 10.5 Å². The van der Waals surface area contributed by atoms with Crippen LogP contribution in [0.3, 0.4) is 0 Å². The number of anilines is 1. The summed E-state index contributed by atoms with van der Waals surface area (Å²) >= 11 is 6.22. The Balaban J connectivity index is 2.40. The monoisotopic (exact) mass is 377 g/mol. The van der Waals surface area contributed by atoms with Crippen LogP contribution in [0.25, 0.3) is 0 Å². The lowest BCUT2D eigenvalue weighted by Gasteiger charge is -2.10. The molecule has 2 nitrogen and oxygen atoms in total. The van der Waals surface area contributed by atoms with E-state index in [0.717, 1.165) is 6.07 Å². The van der Waals surface area contributed by atoms with Crippen LogP contribution in [0.4, 0.5) is 14.5 Å². The van der Waals surface area contributed by atoms with Gasteiger partial charge in [0.15, 0.2) is 17.3 Å². The standard InChI is InChI=1S/C12H7Br2F2NO/c13-6-1-2-8(15)11(3-6)18-12-4-7(14)9(16)5-10(12)17/h1-5H,17H2. The molecule has 0 saturated heterocycles. The van der Waals surface area contributed by atoms with Gasteiger partial charge in [0.05, 0.1) is 10.2 Å². The molecular weight excluding hydrogens is 372 g/mol. The molecule has 0 aliphatic heterocycles. The van der Waals surface area contributed by atoms with E-state index in [4.69, 9.17) is 10.5 Å². The molecule has 2 rings (SSSR count). The maximum atomic E-state index is 13.5. The van der Waals surface area contributed by atoms with Crippen molar-refractivity contribution in [2.24, 2.45) is 0 Å². The average Bonchev–Trinajstić information content (AvgIpc) is 2.30. The highest BCUT2D eigenvalue weighted by Gasteiger charge is 2.11. The number of hydrogen-bond acceptors (Lipinski definition) is 2. The molecule has 2 N–H and O–H groups in total. The molecule has 0 aromatic heterocycles. The lowest BCUT2D eigenvalue weighted by atomic mass is 10.3. The van der Waals surface area contributed by atoms with Crippen LogP contribution in [0, 0.1) is 11.6 Å². The predicted molar refractivity (Wildman–Crippen MR) is 72.7 cm³/mol. The zero-order chi connectivity index (χ0) is 13.3. The van der Waals surface area contributed by atoms with Crippen molar-refractivity contribution < 1.29 is 13.5 Å². The van der Waals surface area contributed by atoms with E-state index in [1.807, 2.05) is 0 Å².